The van der Waals surface area contributed by atoms with Crippen LogP contribution in [0.3, 0.4) is 0 Å². The molecular weight excluding hydrogens is 314 g/mol. The van der Waals surface area contributed by atoms with Crippen LogP contribution < -0.4 is 4.74 Å². The van der Waals surface area contributed by atoms with E-state index in [1.807, 2.05) is 0 Å². The number of allylic oxidation sites excluding steroid dienone is 2. The third-order valence-corrected chi connectivity index (χ3v) is 5.08. The van der Waals surface area contributed by atoms with E-state index in [1.165, 1.54) is 16.0 Å². The molecule has 1 fully saturated rings. The van der Waals surface area contributed by atoms with Gasteiger partial charge in [0.25, 0.3) is 0 Å². The standard InChI is InChI=1S/C18H20ClNO3/c1-11-9-15-16(10-12(11)2)18(22)20(17(15)21)7-8-23-14-5-3-13(19)4-6-14/h3-6,15-16H,7-10H2,1-2H3/t15-,16+. The highest BCUT2D eigenvalue weighted by Crippen LogP contribution is 2.40. The highest BCUT2D eigenvalue weighted by Gasteiger charge is 2.48. The number of fused-ring (bicyclic) bond motifs is 1. The van der Waals surface area contributed by atoms with Crippen molar-refractivity contribution in [3.8, 4) is 5.75 Å². The predicted molar refractivity (Wildman–Crippen MR) is 88.3 cm³/mol. The van der Waals surface area contributed by atoms with Gasteiger partial charge < -0.3 is 4.74 Å². The molecule has 2 aliphatic rings. The van der Waals surface area contributed by atoms with E-state index in [4.69, 9.17) is 16.3 Å². The molecule has 1 saturated heterocycles. The van der Waals surface area contributed by atoms with Crippen molar-refractivity contribution in [2.24, 2.45) is 11.8 Å². The van der Waals surface area contributed by atoms with Gasteiger partial charge in [0.15, 0.2) is 0 Å². The van der Waals surface area contributed by atoms with Crippen LogP contribution in [0.25, 0.3) is 0 Å². The zero-order valence-corrected chi connectivity index (χ0v) is 14.1. The molecule has 3 rings (SSSR count). The van der Waals surface area contributed by atoms with Crippen LogP contribution >= 0.6 is 11.6 Å². The summed E-state index contributed by atoms with van der Waals surface area (Å²) < 4.78 is 5.60. The summed E-state index contributed by atoms with van der Waals surface area (Å²) in [7, 11) is 0. The number of ether oxygens (including phenoxy) is 1. The number of nitrogens with zero attached hydrogens (tertiary/aromatic N) is 1. The Labute approximate surface area is 141 Å². The van der Waals surface area contributed by atoms with Crippen LogP contribution in [0.4, 0.5) is 0 Å². The highest BCUT2D eigenvalue weighted by atomic mass is 35.5. The molecular formula is C18H20ClNO3. The minimum atomic E-state index is -0.179. The van der Waals surface area contributed by atoms with Crippen molar-refractivity contribution in [2.75, 3.05) is 13.2 Å². The number of halogens is 1. The second kappa shape index (κ2) is 6.36. The number of carbonyl (C=O) groups is 2. The van der Waals surface area contributed by atoms with Gasteiger partial charge >= 0.3 is 0 Å². The van der Waals surface area contributed by atoms with Gasteiger partial charge in [-0.05, 0) is 51.0 Å². The van der Waals surface area contributed by atoms with Crippen LogP contribution in [0.5, 0.6) is 5.75 Å². The van der Waals surface area contributed by atoms with E-state index in [2.05, 4.69) is 13.8 Å². The summed E-state index contributed by atoms with van der Waals surface area (Å²) in [4.78, 5) is 26.4. The number of likely N-dealkylation sites (tertiary alicyclic amines) is 1. The maximum Gasteiger partial charge on any atom is 0.233 e. The van der Waals surface area contributed by atoms with E-state index >= 15 is 0 Å². The summed E-state index contributed by atoms with van der Waals surface area (Å²) in [6.07, 6.45) is 1.41. The summed E-state index contributed by atoms with van der Waals surface area (Å²) in [6, 6.07) is 7.03. The molecule has 2 atom stereocenters. The smallest absolute Gasteiger partial charge is 0.233 e. The van der Waals surface area contributed by atoms with E-state index in [0.29, 0.717) is 36.8 Å². The summed E-state index contributed by atoms with van der Waals surface area (Å²) in [6.45, 7) is 4.70. The number of hydrogen-bond donors (Lipinski definition) is 0. The third kappa shape index (κ3) is 3.13. The molecule has 1 aliphatic heterocycles. The molecule has 1 heterocycles. The average molecular weight is 334 g/mol. The monoisotopic (exact) mass is 333 g/mol. The molecule has 1 aliphatic carbocycles. The number of carbonyl (C=O) groups excluding carboxylic acids is 2. The molecule has 0 aromatic heterocycles. The average Bonchev–Trinajstić information content (AvgIpc) is 2.75. The Morgan fingerprint density at radius 2 is 1.57 bits per heavy atom. The molecule has 4 nitrogen and oxygen atoms in total. The molecule has 0 N–H and O–H groups in total. The van der Waals surface area contributed by atoms with Crippen LogP contribution in [-0.2, 0) is 9.59 Å². The number of benzene rings is 1. The van der Waals surface area contributed by atoms with Gasteiger partial charge in [-0.1, -0.05) is 22.7 Å². The van der Waals surface area contributed by atoms with Crippen molar-refractivity contribution in [2.45, 2.75) is 26.7 Å². The minimum Gasteiger partial charge on any atom is -0.492 e. The Morgan fingerprint density at radius 3 is 2.09 bits per heavy atom. The van der Waals surface area contributed by atoms with E-state index < -0.39 is 0 Å². The summed E-state index contributed by atoms with van der Waals surface area (Å²) in [5.74, 6) is 0.223. The van der Waals surface area contributed by atoms with Crippen LogP contribution in [0, 0.1) is 11.8 Å². The second-order valence-electron chi connectivity index (χ2n) is 6.31. The molecule has 0 unspecified atom stereocenters. The molecule has 23 heavy (non-hydrogen) atoms. The van der Waals surface area contributed by atoms with Crippen molar-refractivity contribution in [3.63, 3.8) is 0 Å². The van der Waals surface area contributed by atoms with E-state index in [1.54, 1.807) is 24.3 Å². The van der Waals surface area contributed by atoms with Crippen molar-refractivity contribution < 1.29 is 14.3 Å². The topological polar surface area (TPSA) is 46.6 Å². The fourth-order valence-corrected chi connectivity index (χ4v) is 3.45. The van der Waals surface area contributed by atoms with E-state index in [0.717, 1.165) is 0 Å². The molecule has 2 amide bonds. The number of hydrogen-bond acceptors (Lipinski definition) is 3. The first-order chi connectivity index (χ1) is 11.0. The SMILES string of the molecule is CC1=C(C)C[C@H]2C(=O)N(CCOc3ccc(Cl)cc3)C(=O)[C@H]2C1. The summed E-state index contributed by atoms with van der Waals surface area (Å²) in [5, 5.41) is 0.643. The Morgan fingerprint density at radius 1 is 1.04 bits per heavy atom. The Hall–Kier alpha value is -1.81. The van der Waals surface area contributed by atoms with Gasteiger partial charge in [-0.2, -0.15) is 0 Å². The first-order valence-corrected chi connectivity index (χ1v) is 8.24. The van der Waals surface area contributed by atoms with Crippen LogP contribution in [0.15, 0.2) is 35.4 Å². The van der Waals surface area contributed by atoms with E-state index in [-0.39, 0.29) is 23.7 Å². The second-order valence-corrected chi connectivity index (χ2v) is 6.75. The lowest BCUT2D eigenvalue weighted by Gasteiger charge is -2.23. The molecule has 0 radical (unpaired) electrons. The normalized spacial score (nSPS) is 24.2. The minimum absolute atomic E-state index is 0.0495. The molecule has 0 spiro atoms. The van der Waals surface area contributed by atoms with Crippen molar-refractivity contribution in [3.05, 3.63) is 40.4 Å². The molecule has 5 heteroatoms. The fourth-order valence-electron chi connectivity index (χ4n) is 3.33. The van der Waals surface area contributed by atoms with Crippen LogP contribution in [0.1, 0.15) is 26.7 Å². The lowest BCUT2D eigenvalue weighted by atomic mass is 9.78. The van der Waals surface area contributed by atoms with Gasteiger partial charge in [0.2, 0.25) is 11.8 Å². The fraction of sp³-hybridized carbons (Fsp3) is 0.444. The quantitative estimate of drug-likeness (QED) is 0.626. The largest absolute Gasteiger partial charge is 0.492 e. The van der Waals surface area contributed by atoms with Gasteiger partial charge in [-0.25, -0.2) is 0 Å². The van der Waals surface area contributed by atoms with Crippen molar-refractivity contribution in [1.82, 2.24) is 4.90 Å². The van der Waals surface area contributed by atoms with Gasteiger partial charge in [0, 0.05) is 5.02 Å². The Bertz CT molecular complexity index is 633. The van der Waals surface area contributed by atoms with Crippen molar-refractivity contribution >= 4 is 23.4 Å². The first kappa shape index (κ1) is 16.1. The summed E-state index contributed by atoms with van der Waals surface area (Å²) >= 11 is 5.82. The maximum atomic E-state index is 12.5. The van der Waals surface area contributed by atoms with Crippen LogP contribution in [0.2, 0.25) is 5.02 Å². The van der Waals surface area contributed by atoms with Gasteiger partial charge in [0.05, 0.1) is 18.4 Å². The Kier molecular flexibility index (Phi) is 4.44. The maximum absolute atomic E-state index is 12.5. The lowest BCUT2D eigenvalue weighted by molar-refractivity contribution is -0.140. The van der Waals surface area contributed by atoms with Gasteiger partial charge in [-0.15, -0.1) is 0 Å². The molecule has 0 bridgehead atoms. The zero-order chi connectivity index (χ0) is 16.6. The van der Waals surface area contributed by atoms with E-state index in [9.17, 15) is 9.59 Å². The number of rotatable bonds is 4. The molecule has 122 valence electrons. The predicted octanol–water partition coefficient (Wildman–Crippen LogP) is 3.45. The summed E-state index contributed by atoms with van der Waals surface area (Å²) in [5.41, 5.74) is 2.48. The molecule has 0 saturated carbocycles. The first-order valence-electron chi connectivity index (χ1n) is 7.86. The number of imide groups is 1. The van der Waals surface area contributed by atoms with Crippen molar-refractivity contribution in [1.29, 1.82) is 0 Å². The Balaban J connectivity index is 1.60. The third-order valence-electron chi connectivity index (χ3n) is 4.83. The highest BCUT2D eigenvalue weighted by molar-refractivity contribution is 6.30. The molecule has 1 aromatic rings. The molecule has 1 aromatic carbocycles. The number of amides is 2. The lowest BCUT2D eigenvalue weighted by Crippen LogP contribution is -2.34. The van der Waals surface area contributed by atoms with Gasteiger partial charge in [-0.3, -0.25) is 14.5 Å². The zero-order valence-electron chi connectivity index (χ0n) is 13.3. The van der Waals surface area contributed by atoms with Gasteiger partial charge in [0.1, 0.15) is 12.4 Å². The van der Waals surface area contributed by atoms with Crippen LogP contribution in [-0.4, -0.2) is 29.9 Å².